The van der Waals surface area contributed by atoms with Crippen molar-refractivity contribution in [1.29, 1.82) is 0 Å². The molecule has 2 fully saturated rings. The SMILES string of the molecule is CN=C(NCCCN1CCc2ccccc2C1)NCCN1C(=O)C2C3C=CC(C3)C2C1=O.I. The first-order valence-corrected chi connectivity index (χ1v) is 11.9. The van der Waals surface area contributed by atoms with Gasteiger partial charge in [-0.15, -0.1) is 24.0 Å². The number of nitrogens with zero attached hydrogens (tertiary/aromatic N) is 3. The number of hydrogen-bond donors (Lipinski definition) is 2. The fourth-order valence-electron chi connectivity index (χ4n) is 5.95. The number of hydrogen-bond acceptors (Lipinski definition) is 4. The summed E-state index contributed by atoms with van der Waals surface area (Å²) in [6, 6.07) is 8.71. The van der Waals surface area contributed by atoms with Crippen LogP contribution in [0.2, 0.25) is 0 Å². The van der Waals surface area contributed by atoms with Gasteiger partial charge in [-0.3, -0.25) is 24.4 Å². The summed E-state index contributed by atoms with van der Waals surface area (Å²) >= 11 is 0. The quantitative estimate of drug-likeness (QED) is 0.133. The first-order chi connectivity index (χ1) is 15.7. The molecule has 0 radical (unpaired) electrons. The fraction of sp³-hybridized carbons (Fsp3) is 0.560. The lowest BCUT2D eigenvalue weighted by Gasteiger charge is -2.28. The highest BCUT2D eigenvalue weighted by Gasteiger charge is 2.58. The summed E-state index contributed by atoms with van der Waals surface area (Å²) in [7, 11) is 1.75. The number of allylic oxidation sites excluding steroid dienone is 2. The highest BCUT2D eigenvalue weighted by molar-refractivity contribution is 14.0. The van der Waals surface area contributed by atoms with Crippen LogP contribution < -0.4 is 10.6 Å². The maximum Gasteiger partial charge on any atom is 0.233 e. The van der Waals surface area contributed by atoms with Crippen LogP contribution in [-0.4, -0.2) is 67.3 Å². The molecule has 8 heteroatoms. The Morgan fingerprint density at radius 1 is 1.00 bits per heavy atom. The van der Waals surface area contributed by atoms with Crippen molar-refractivity contribution in [2.45, 2.75) is 25.8 Å². The normalized spacial score (nSPS) is 28.0. The molecule has 1 aromatic carbocycles. The third-order valence-corrected chi connectivity index (χ3v) is 7.57. The minimum Gasteiger partial charge on any atom is -0.356 e. The van der Waals surface area contributed by atoms with E-state index in [9.17, 15) is 9.59 Å². The molecule has 5 rings (SSSR count). The fourth-order valence-corrected chi connectivity index (χ4v) is 5.95. The average Bonchev–Trinajstić information content (AvgIpc) is 3.50. The number of imide groups is 1. The van der Waals surface area contributed by atoms with E-state index < -0.39 is 0 Å². The van der Waals surface area contributed by atoms with Crippen molar-refractivity contribution in [3.05, 3.63) is 47.5 Å². The number of guanidine groups is 1. The third-order valence-electron chi connectivity index (χ3n) is 7.57. The molecule has 7 nitrogen and oxygen atoms in total. The van der Waals surface area contributed by atoms with Crippen molar-refractivity contribution >= 4 is 41.8 Å². The second-order valence-electron chi connectivity index (χ2n) is 9.40. The van der Waals surface area contributed by atoms with Gasteiger partial charge in [0, 0.05) is 46.3 Å². The Morgan fingerprint density at radius 3 is 2.36 bits per heavy atom. The molecule has 4 aliphatic rings. The van der Waals surface area contributed by atoms with Crippen LogP contribution in [0.15, 0.2) is 41.4 Å². The Hall–Kier alpha value is -1.94. The van der Waals surface area contributed by atoms with Gasteiger partial charge in [0.25, 0.3) is 0 Å². The first kappa shape index (κ1) is 24.2. The summed E-state index contributed by atoms with van der Waals surface area (Å²) in [5.41, 5.74) is 2.93. The minimum atomic E-state index is -0.114. The van der Waals surface area contributed by atoms with Gasteiger partial charge in [-0.2, -0.15) is 0 Å². The van der Waals surface area contributed by atoms with Crippen LogP contribution in [0, 0.1) is 23.7 Å². The largest absolute Gasteiger partial charge is 0.356 e. The number of carbonyl (C=O) groups is 2. The summed E-state index contributed by atoms with van der Waals surface area (Å²) < 4.78 is 0. The smallest absolute Gasteiger partial charge is 0.233 e. The van der Waals surface area contributed by atoms with Gasteiger partial charge in [0.15, 0.2) is 5.96 Å². The van der Waals surface area contributed by atoms with Crippen molar-refractivity contribution in [3.63, 3.8) is 0 Å². The van der Waals surface area contributed by atoms with E-state index in [1.807, 2.05) is 0 Å². The zero-order valence-corrected chi connectivity index (χ0v) is 21.5. The van der Waals surface area contributed by atoms with Crippen LogP contribution in [-0.2, 0) is 22.6 Å². The van der Waals surface area contributed by atoms with Crippen molar-refractivity contribution in [1.82, 2.24) is 20.4 Å². The Morgan fingerprint density at radius 2 is 1.67 bits per heavy atom. The molecule has 0 aromatic heterocycles. The molecule has 2 N–H and O–H groups in total. The number of rotatable bonds is 7. The van der Waals surface area contributed by atoms with E-state index in [-0.39, 0.29) is 59.5 Å². The van der Waals surface area contributed by atoms with Gasteiger partial charge in [-0.1, -0.05) is 36.4 Å². The molecule has 178 valence electrons. The second-order valence-corrected chi connectivity index (χ2v) is 9.40. The van der Waals surface area contributed by atoms with Gasteiger partial charge < -0.3 is 10.6 Å². The topological polar surface area (TPSA) is 77.0 Å². The van der Waals surface area contributed by atoms with Gasteiger partial charge in [-0.05, 0) is 42.2 Å². The molecule has 2 aliphatic carbocycles. The van der Waals surface area contributed by atoms with E-state index in [0.717, 1.165) is 51.4 Å². The summed E-state index contributed by atoms with van der Waals surface area (Å²) in [6.45, 7) is 4.94. The van der Waals surface area contributed by atoms with E-state index >= 15 is 0 Å². The molecule has 1 saturated heterocycles. The predicted molar refractivity (Wildman–Crippen MR) is 139 cm³/mol. The monoisotopic (exact) mass is 563 g/mol. The average molecular weight is 563 g/mol. The van der Waals surface area contributed by atoms with Crippen molar-refractivity contribution in [3.8, 4) is 0 Å². The maximum atomic E-state index is 12.8. The zero-order valence-electron chi connectivity index (χ0n) is 19.2. The van der Waals surface area contributed by atoms with Gasteiger partial charge in [-0.25, -0.2) is 0 Å². The predicted octanol–water partition coefficient (Wildman–Crippen LogP) is 2.02. The maximum absolute atomic E-state index is 12.8. The molecule has 4 unspecified atom stereocenters. The van der Waals surface area contributed by atoms with Crippen LogP contribution in [0.4, 0.5) is 0 Å². The van der Waals surface area contributed by atoms with Gasteiger partial charge >= 0.3 is 0 Å². The van der Waals surface area contributed by atoms with E-state index in [1.54, 1.807) is 7.05 Å². The number of nitrogens with one attached hydrogen (secondary N) is 2. The number of fused-ring (bicyclic) bond motifs is 6. The van der Waals surface area contributed by atoms with Crippen LogP contribution in [0.5, 0.6) is 0 Å². The molecular formula is C25H34IN5O2. The van der Waals surface area contributed by atoms with E-state index in [0.29, 0.717) is 13.1 Å². The number of amides is 2. The number of halogens is 1. The molecule has 2 bridgehead atoms. The molecule has 33 heavy (non-hydrogen) atoms. The summed E-state index contributed by atoms with van der Waals surface area (Å²) in [5, 5.41) is 6.61. The van der Waals surface area contributed by atoms with E-state index in [4.69, 9.17) is 0 Å². The summed E-state index contributed by atoms with van der Waals surface area (Å²) in [5.74, 6) is 1.06. The minimum absolute atomic E-state index is 0. The van der Waals surface area contributed by atoms with Gasteiger partial charge in [0.2, 0.25) is 11.8 Å². The molecular weight excluding hydrogens is 529 g/mol. The molecule has 1 saturated carbocycles. The molecule has 2 amide bonds. The number of likely N-dealkylation sites (tertiary alicyclic amines) is 1. The van der Waals surface area contributed by atoms with Crippen LogP contribution >= 0.6 is 24.0 Å². The first-order valence-electron chi connectivity index (χ1n) is 11.9. The summed E-state index contributed by atoms with van der Waals surface area (Å²) in [4.78, 5) is 33.8. The molecule has 2 heterocycles. The molecule has 4 atom stereocenters. The molecule has 1 aromatic rings. The highest BCUT2D eigenvalue weighted by Crippen LogP contribution is 2.52. The number of benzene rings is 1. The Labute approximate surface area is 213 Å². The summed E-state index contributed by atoms with van der Waals surface area (Å²) in [6.07, 6.45) is 7.39. The van der Waals surface area contributed by atoms with E-state index in [2.05, 4.69) is 56.9 Å². The Bertz CT molecular complexity index is 918. The van der Waals surface area contributed by atoms with Gasteiger partial charge in [0.1, 0.15) is 0 Å². The van der Waals surface area contributed by atoms with Crippen molar-refractivity contribution in [2.24, 2.45) is 28.7 Å². The molecule has 0 spiro atoms. The third kappa shape index (κ3) is 4.82. The molecule has 2 aliphatic heterocycles. The van der Waals surface area contributed by atoms with Crippen LogP contribution in [0.25, 0.3) is 0 Å². The van der Waals surface area contributed by atoms with Crippen LogP contribution in [0.3, 0.4) is 0 Å². The Kier molecular flexibility index (Phi) is 7.73. The van der Waals surface area contributed by atoms with Crippen LogP contribution in [0.1, 0.15) is 24.0 Å². The standard InChI is InChI=1S/C25H33N5O2.HI/c1-26-25(27-10-4-12-29-13-9-17-5-2-3-6-20(17)16-29)28-11-14-30-23(31)21-18-7-8-19(15-18)22(21)24(30)32;/h2-3,5-8,18-19,21-22H,4,9-16H2,1H3,(H2,26,27,28);1H. The lowest BCUT2D eigenvalue weighted by atomic mass is 9.85. The van der Waals surface area contributed by atoms with Crippen molar-refractivity contribution < 1.29 is 9.59 Å². The second kappa shape index (κ2) is 10.5. The van der Waals surface area contributed by atoms with E-state index in [1.165, 1.54) is 16.0 Å². The zero-order chi connectivity index (χ0) is 22.1. The Balaban J connectivity index is 0.00000259. The number of aliphatic imine (C=N–C) groups is 1. The van der Waals surface area contributed by atoms with Crippen molar-refractivity contribution in [2.75, 3.05) is 39.8 Å². The lowest BCUT2D eigenvalue weighted by molar-refractivity contribution is -0.140. The highest BCUT2D eigenvalue weighted by atomic mass is 127. The number of carbonyl (C=O) groups excluding carboxylic acids is 2. The lowest BCUT2D eigenvalue weighted by Crippen LogP contribution is -2.44. The van der Waals surface area contributed by atoms with Gasteiger partial charge in [0.05, 0.1) is 11.8 Å².